The van der Waals surface area contributed by atoms with Gasteiger partial charge in [0.1, 0.15) is 30.0 Å². The number of nitrogens with zero attached hydrogens (tertiary/aromatic N) is 4. The van der Waals surface area contributed by atoms with E-state index in [1.807, 2.05) is 6.07 Å². The van der Waals surface area contributed by atoms with E-state index in [0.29, 0.717) is 47.9 Å². The molecule has 8 N–H and O–H groups in total. The van der Waals surface area contributed by atoms with Crippen LogP contribution in [0.3, 0.4) is 0 Å². The third kappa shape index (κ3) is 30.2. The zero-order valence-electron chi connectivity index (χ0n) is 64.9. The van der Waals surface area contributed by atoms with Gasteiger partial charge in [0.25, 0.3) is 0 Å². The minimum absolute atomic E-state index is 0.0240. The number of phenols is 4. The number of nitriles is 4. The van der Waals surface area contributed by atoms with Crippen LogP contribution < -0.4 is 21.3 Å². The van der Waals surface area contributed by atoms with Gasteiger partial charge in [0, 0.05) is 43.5 Å². The van der Waals surface area contributed by atoms with Gasteiger partial charge in [-0.3, -0.25) is 40.4 Å². The number of alkyl halides is 12. The summed E-state index contributed by atoms with van der Waals surface area (Å²) < 4.78 is 180. The van der Waals surface area contributed by atoms with Crippen molar-refractivity contribution < 1.29 is 96.7 Å². The van der Waals surface area contributed by atoms with Gasteiger partial charge in [-0.05, 0) is 183 Å². The Balaban J connectivity index is 0.000000227. The standard InChI is InChI=1S/C23H21Cl2F3N2O2.C22H18Cl2F4N2O2.C21H19Cl2F3N2O2.C20H16Cl3F3N2O2/c1-13-2-4-15(5-3-13)21(23(26,27)28)30-18(19(31)11-22(12-29)6-7-22)10-14-8-16(24)20(32)17(25)9-14;23-15-6-12(7-16(24)19(15)32)8-17(18(31)10-21(11-29)4-5-21)30-20(22(26,27)28)13-2-1-3-14(25)9-13;1-12-4-6-14(7-5-12)20(21(24,25)26)28-17(18(29)3-2-8-27)11-13-9-15(22)19(30)16(23)10-13;21-13-5-3-12(4-6-13)19(20(24,25)26)28-16(17(29)2-1-7-27)10-11-8-14(22)18(30)15(23)9-11/h2-5,8-9,18,21,30,32H,6-7,10-11H2,1H3;1-3,6-7,9,17,20,30,32H,4-5,8,10H2;4-7,9-10,17,20,28,30H,2-3,11H2,1H3;3-6,8-9,16,19,28,30H,1-2,10H2/t18-,21-;2*17-,20-;16-,19-/m0000/s1. The Kier molecular flexibility index (Phi) is 36.7. The summed E-state index contributed by atoms with van der Waals surface area (Å²) in [4.78, 5) is 51.2. The highest BCUT2D eigenvalue weighted by Crippen LogP contribution is 2.51. The van der Waals surface area contributed by atoms with E-state index in [9.17, 15) is 107 Å². The van der Waals surface area contributed by atoms with Gasteiger partial charge >= 0.3 is 24.7 Å². The first-order valence-corrected chi connectivity index (χ1v) is 40.6. The topological polar surface area (TPSA) is 292 Å². The van der Waals surface area contributed by atoms with Crippen molar-refractivity contribution in [1.29, 1.82) is 21.0 Å². The summed E-state index contributed by atoms with van der Waals surface area (Å²) in [6, 6.07) is 25.4. The Bertz CT molecular complexity index is 5040. The average molecular weight is 1910 g/mol. The summed E-state index contributed by atoms with van der Waals surface area (Å²) >= 11 is 53.0. The fourth-order valence-electron chi connectivity index (χ4n) is 12.7. The molecule has 0 amide bonds. The van der Waals surface area contributed by atoms with Gasteiger partial charge in [0.2, 0.25) is 0 Å². The van der Waals surface area contributed by atoms with Crippen molar-refractivity contribution in [1.82, 2.24) is 21.3 Å². The summed E-state index contributed by atoms with van der Waals surface area (Å²) in [5.74, 6) is -4.49. The van der Waals surface area contributed by atoms with Gasteiger partial charge in [-0.15, -0.1) is 0 Å². The maximum atomic E-state index is 14.0. The molecule has 660 valence electrons. The van der Waals surface area contributed by atoms with Crippen molar-refractivity contribution in [2.45, 2.75) is 177 Å². The van der Waals surface area contributed by atoms with Gasteiger partial charge in [-0.25, -0.2) is 4.39 Å². The van der Waals surface area contributed by atoms with Crippen LogP contribution in [-0.2, 0) is 44.9 Å². The highest BCUT2D eigenvalue weighted by Gasteiger charge is 2.51. The predicted molar refractivity (Wildman–Crippen MR) is 444 cm³/mol. The summed E-state index contributed by atoms with van der Waals surface area (Å²) in [6.45, 7) is 3.52. The molecule has 8 aromatic rings. The molecule has 0 unspecified atom stereocenters. The Hall–Kier alpha value is -8.86. The average Bonchev–Trinajstić information content (AvgIpc) is 1.73. The van der Waals surface area contributed by atoms with Crippen LogP contribution in [0.25, 0.3) is 0 Å². The highest BCUT2D eigenvalue weighted by molar-refractivity contribution is 6.39. The van der Waals surface area contributed by atoms with Crippen LogP contribution in [0.1, 0.15) is 144 Å². The number of aromatic hydroxyl groups is 4. The van der Waals surface area contributed by atoms with E-state index in [-0.39, 0.29) is 149 Å². The van der Waals surface area contributed by atoms with Crippen LogP contribution in [0.2, 0.25) is 45.2 Å². The smallest absolute Gasteiger partial charge is 0.407 e. The van der Waals surface area contributed by atoms with E-state index in [2.05, 4.69) is 33.4 Å². The molecule has 2 aliphatic rings. The molecule has 0 aromatic heterocycles. The van der Waals surface area contributed by atoms with Crippen LogP contribution in [0.5, 0.6) is 23.0 Å². The molecule has 8 aromatic carbocycles. The minimum atomic E-state index is -4.83. The number of carbonyl (C=O) groups is 4. The quantitative estimate of drug-likeness (QED) is 0.0182. The SMILES string of the molecule is Cc1ccc([C@H](N[C@@H](Cc2cc(Cl)c(O)c(Cl)c2)C(=O)CC2(C#N)CC2)C(F)(F)F)cc1.Cc1ccc([C@H](N[C@@H](Cc2cc(Cl)c(O)c(Cl)c2)C(=O)CCC#N)C(F)(F)F)cc1.N#CC1(CC(=O)[C@H](Cc2cc(Cl)c(O)c(Cl)c2)N[C@@H](c2cccc(F)c2)C(F)(F)F)CC1.N#CCCC(=O)[C@H](Cc1cc(Cl)c(O)c(Cl)c1)N[C@@H](c1ccc(Cl)cc1)C(F)(F)F. The summed E-state index contributed by atoms with van der Waals surface area (Å²) in [5, 5.41) is 84.0. The summed E-state index contributed by atoms with van der Waals surface area (Å²) in [7, 11) is 0. The van der Waals surface area contributed by atoms with E-state index >= 15 is 0 Å². The Labute approximate surface area is 748 Å². The lowest BCUT2D eigenvalue weighted by Crippen LogP contribution is -2.46. The number of aryl methyl sites for hydroxylation is 2. The molecule has 10 rings (SSSR count). The normalized spacial score (nSPS) is 15.2. The third-order valence-corrected chi connectivity index (χ3v) is 22.3. The molecule has 0 bridgehead atoms. The lowest BCUT2D eigenvalue weighted by molar-refractivity contribution is -0.161. The molecule has 0 aliphatic heterocycles. The van der Waals surface area contributed by atoms with Crippen LogP contribution in [-0.4, -0.2) is 92.4 Å². The van der Waals surface area contributed by atoms with Crippen molar-refractivity contribution in [3.8, 4) is 47.3 Å². The maximum Gasteiger partial charge on any atom is 0.407 e. The molecule has 0 radical (unpaired) electrons. The number of phenolic OH excluding ortho intramolecular Hbond substituents is 4. The van der Waals surface area contributed by atoms with E-state index in [0.717, 1.165) is 35.4 Å². The first kappa shape index (κ1) is 102. The summed E-state index contributed by atoms with van der Waals surface area (Å²) in [5.41, 5.74) is 0.781. The number of hydrogen-bond acceptors (Lipinski definition) is 16. The molecule has 124 heavy (non-hydrogen) atoms. The van der Waals surface area contributed by atoms with E-state index in [4.69, 9.17) is 115 Å². The van der Waals surface area contributed by atoms with Crippen molar-refractivity contribution in [2.75, 3.05) is 0 Å². The van der Waals surface area contributed by atoms with Crippen LogP contribution in [0.4, 0.5) is 57.1 Å². The lowest BCUT2D eigenvalue weighted by Gasteiger charge is -2.28. The molecule has 2 aliphatic carbocycles. The second-order valence-corrected chi connectivity index (χ2v) is 33.2. The molecular formula is C86H74Cl9F13N8O8. The summed E-state index contributed by atoms with van der Waals surface area (Å²) in [6.07, 6.45) is -18.5. The van der Waals surface area contributed by atoms with E-state index < -0.39 is 118 Å². The first-order valence-electron chi connectivity index (χ1n) is 37.2. The van der Waals surface area contributed by atoms with Crippen molar-refractivity contribution in [3.05, 3.63) is 252 Å². The maximum absolute atomic E-state index is 14.0. The molecule has 16 nitrogen and oxygen atoms in total. The van der Waals surface area contributed by atoms with Gasteiger partial charge < -0.3 is 20.4 Å². The molecule has 0 heterocycles. The van der Waals surface area contributed by atoms with Gasteiger partial charge in [0.15, 0.2) is 46.1 Å². The number of carbonyl (C=O) groups excluding carboxylic acids is 4. The van der Waals surface area contributed by atoms with Gasteiger partial charge in [0.05, 0.1) is 99.5 Å². The molecule has 8 atom stereocenters. The fourth-order valence-corrected chi connectivity index (χ4v) is 15.0. The van der Waals surface area contributed by atoms with Crippen molar-refractivity contribution in [3.63, 3.8) is 0 Å². The van der Waals surface area contributed by atoms with Gasteiger partial charge in [-0.1, -0.05) is 188 Å². The number of rotatable bonds is 32. The first-order chi connectivity index (χ1) is 57.9. The largest absolute Gasteiger partial charge is 0.505 e. The minimum Gasteiger partial charge on any atom is -0.505 e. The Morgan fingerprint density at radius 2 is 0.613 bits per heavy atom. The van der Waals surface area contributed by atoms with E-state index in [1.54, 1.807) is 44.2 Å². The molecule has 2 fully saturated rings. The molecule has 0 spiro atoms. The zero-order chi connectivity index (χ0) is 92.3. The Morgan fingerprint density at radius 3 is 0.839 bits per heavy atom. The van der Waals surface area contributed by atoms with Crippen LogP contribution in [0, 0.1) is 75.8 Å². The number of halogens is 22. The molecule has 38 heteroatoms. The van der Waals surface area contributed by atoms with Crippen molar-refractivity contribution >= 4 is 128 Å². The number of Topliss-reactive ketones (excluding diaryl/α,β-unsaturated/α-hetero) is 4. The second-order valence-electron chi connectivity index (χ2n) is 29.5. The van der Waals surface area contributed by atoms with Crippen LogP contribution in [0.15, 0.2) is 146 Å². The number of ketones is 4. The number of nitrogens with one attached hydrogen (secondary N) is 4. The van der Waals surface area contributed by atoms with Crippen molar-refractivity contribution in [2.24, 2.45) is 10.8 Å². The van der Waals surface area contributed by atoms with E-state index in [1.165, 1.54) is 97.1 Å². The number of hydrogen-bond donors (Lipinski definition) is 8. The van der Waals surface area contributed by atoms with Crippen LogP contribution >= 0.6 is 104 Å². The molecule has 0 saturated heterocycles. The predicted octanol–water partition coefficient (Wildman–Crippen LogP) is 23.7. The number of benzene rings is 8. The monoisotopic (exact) mass is 1910 g/mol. The van der Waals surface area contributed by atoms with Gasteiger partial charge in [-0.2, -0.15) is 73.7 Å². The molecule has 2 saturated carbocycles. The second kappa shape index (κ2) is 44.5. The fraction of sp³-hybridized carbons (Fsp3) is 0.349. The third-order valence-electron chi connectivity index (χ3n) is 19.8. The molecular weight excluding hydrogens is 1840 g/mol. The lowest BCUT2D eigenvalue weighted by atomic mass is 9.92. The Morgan fingerprint density at radius 1 is 0.371 bits per heavy atom. The highest BCUT2D eigenvalue weighted by atomic mass is 35.5. The zero-order valence-corrected chi connectivity index (χ0v) is 71.7.